The molecule has 7 heteroatoms. The van der Waals surface area contributed by atoms with Crippen LogP contribution in [-0.4, -0.2) is 58.1 Å². The predicted molar refractivity (Wildman–Crippen MR) is 120 cm³/mol. The van der Waals surface area contributed by atoms with E-state index in [-0.39, 0.29) is 0 Å². The zero-order valence-electron chi connectivity index (χ0n) is 16.9. The van der Waals surface area contributed by atoms with Gasteiger partial charge in [0.2, 0.25) is 5.95 Å². The number of piperazine rings is 1. The van der Waals surface area contributed by atoms with Gasteiger partial charge in [-0.1, -0.05) is 30.3 Å². The molecule has 0 bridgehead atoms. The van der Waals surface area contributed by atoms with Gasteiger partial charge in [-0.3, -0.25) is 0 Å². The van der Waals surface area contributed by atoms with Crippen LogP contribution in [0.1, 0.15) is 0 Å². The molecular formula is C23H23N7. The van der Waals surface area contributed by atoms with Crippen LogP contribution in [0.5, 0.6) is 0 Å². The SMILES string of the molecule is CN1CCN(c2ncnc3cc(Nc4nccc(-c5ccccc5)n4)ccc23)CC1. The van der Waals surface area contributed by atoms with Gasteiger partial charge in [0.1, 0.15) is 12.1 Å². The van der Waals surface area contributed by atoms with Crippen LogP contribution in [0, 0.1) is 0 Å². The van der Waals surface area contributed by atoms with Crippen molar-refractivity contribution < 1.29 is 0 Å². The maximum absolute atomic E-state index is 4.65. The number of hydrogen-bond donors (Lipinski definition) is 1. The summed E-state index contributed by atoms with van der Waals surface area (Å²) in [6, 6.07) is 18.1. The fourth-order valence-corrected chi connectivity index (χ4v) is 3.71. The van der Waals surface area contributed by atoms with Gasteiger partial charge < -0.3 is 15.1 Å². The van der Waals surface area contributed by atoms with Gasteiger partial charge in [0.25, 0.3) is 0 Å². The van der Waals surface area contributed by atoms with Gasteiger partial charge in [-0.2, -0.15) is 0 Å². The van der Waals surface area contributed by atoms with Crippen LogP contribution >= 0.6 is 0 Å². The van der Waals surface area contributed by atoms with Crippen molar-refractivity contribution in [3.8, 4) is 11.3 Å². The lowest BCUT2D eigenvalue weighted by molar-refractivity contribution is 0.312. The van der Waals surface area contributed by atoms with Crippen molar-refractivity contribution in [3.63, 3.8) is 0 Å². The molecule has 3 heterocycles. The van der Waals surface area contributed by atoms with Crippen LogP contribution in [0.3, 0.4) is 0 Å². The second-order valence-corrected chi connectivity index (χ2v) is 7.48. The van der Waals surface area contributed by atoms with Gasteiger partial charge in [-0.05, 0) is 31.3 Å². The van der Waals surface area contributed by atoms with Gasteiger partial charge in [0, 0.05) is 49.0 Å². The Labute approximate surface area is 175 Å². The number of nitrogens with one attached hydrogen (secondary N) is 1. The second-order valence-electron chi connectivity index (χ2n) is 7.48. The molecule has 1 saturated heterocycles. The van der Waals surface area contributed by atoms with Crippen LogP contribution in [0.15, 0.2) is 67.1 Å². The second kappa shape index (κ2) is 8.04. The van der Waals surface area contributed by atoms with Crippen LogP contribution in [0.25, 0.3) is 22.2 Å². The average molecular weight is 397 g/mol. The van der Waals surface area contributed by atoms with Crippen molar-refractivity contribution in [1.29, 1.82) is 0 Å². The van der Waals surface area contributed by atoms with E-state index in [4.69, 9.17) is 0 Å². The number of benzene rings is 2. The molecule has 2 aromatic carbocycles. The molecule has 0 aliphatic carbocycles. The Morgan fingerprint density at radius 1 is 0.867 bits per heavy atom. The molecule has 1 aliphatic heterocycles. The molecule has 5 rings (SSSR count). The maximum atomic E-state index is 4.65. The lowest BCUT2D eigenvalue weighted by Crippen LogP contribution is -2.44. The first-order chi connectivity index (χ1) is 14.8. The van der Waals surface area contributed by atoms with E-state index in [1.165, 1.54) is 0 Å². The van der Waals surface area contributed by atoms with E-state index in [2.05, 4.69) is 48.2 Å². The summed E-state index contributed by atoms with van der Waals surface area (Å²) in [5, 5.41) is 4.37. The lowest BCUT2D eigenvalue weighted by Gasteiger charge is -2.33. The monoisotopic (exact) mass is 397 g/mol. The molecule has 150 valence electrons. The molecule has 7 nitrogen and oxygen atoms in total. The number of anilines is 3. The van der Waals surface area contributed by atoms with E-state index in [1.54, 1.807) is 12.5 Å². The van der Waals surface area contributed by atoms with Crippen molar-refractivity contribution in [2.24, 2.45) is 0 Å². The van der Waals surface area contributed by atoms with Gasteiger partial charge in [-0.25, -0.2) is 19.9 Å². The highest BCUT2D eigenvalue weighted by Crippen LogP contribution is 2.27. The lowest BCUT2D eigenvalue weighted by atomic mass is 10.1. The van der Waals surface area contributed by atoms with E-state index >= 15 is 0 Å². The highest BCUT2D eigenvalue weighted by molar-refractivity contribution is 5.91. The molecule has 0 amide bonds. The van der Waals surface area contributed by atoms with E-state index in [0.29, 0.717) is 5.95 Å². The van der Waals surface area contributed by atoms with Gasteiger partial charge in [0.15, 0.2) is 0 Å². The Morgan fingerprint density at radius 2 is 1.70 bits per heavy atom. The summed E-state index contributed by atoms with van der Waals surface area (Å²) in [6.07, 6.45) is 3.42. The maximum Gasteiger partial charge on any atom is 0.227 e. The van der Waals surface area contributed by atoms with Gasteiger partial charge in [-0.15, -0.1) is 0 Å². The van der Waals surface area contributed by atoms with Crippen molar-refractivity contribution >= 4 is 28.4 Å². The molecule has 0 unspecified atom stereocenters. The Hall–Kier alpha value is -3.58. The first-order valence-corrected chi connectivity index (χ1v) is 10.1. The number of aromatic nitrogens is 4. The van der Waals surface area contributed by atoms with Crippen molar-refractivity contribution in [2.45, 2.75) is 0 Å². The smallest absolute Gasteiger partial charge is 0.227 e. The van der Waals surface area contributed by atoms with Gasteiger partial charge in [0.05, 0.1) is 11.2 Å². The average Bonchev–Trinajstić information content (AvgIpc) is 2.80. The van der Waals surface area contributed by atoms with E-state index in [0.717, 1.165) is 59.8 Å². The summed E-state index contributed by atoms with van der Waals surface area (Å²) in [5.74, 6) is 1.56. The number of rotatable bonds is 4. The minimum atomic E-state index is 0.559. The fourth-order valence-electron chi connectivity index (χ4n) is 3.71. The molecule has 0 saturated carbocycles. The first-order valence-electron chi connectivity index (χ1n) is 10.1. The Bertz CT molecular complexity index is 1150. The normalized spacial score (nSPS) is 14.8. The Balaban J connectivity index is 1.41. The third-order valence-corrected chi connectivity index (χ3v) is 5.40. The largest absolute Gasteiger partial charge is 0.353 e. The van der Waals surface area contributed by atoms with Gasteiger partial charge >= 0.3 is 0 Å². The molecule has 0 spiro atoms. The van der Waals surface area contributed by atoms with E-state index in [9.17, 15) is 0 Å². The Kier molecular flexibility index (Phi) is 4.94. The van der Waals surface area contributed by atoms with Crippen LogP contribution < -0.4 is 10.2 Å². The molecule has 0 radical (unpaired) electrons. The quantitative estimate of drug-likeness (QED) is 0.564. The van der Waals surface area contributed by atoms with Crippen molar-refractivity contribution in [3.05, 3.63) is 67.1 Å². The summed E-state index contributed by atoms with van der Waals surface area (Å²) in [6.45, 7) is 4.03. The third kappa shape index (κ3) is 3.79. The summed E-state index contributed by atoms with van der Waals surface area (Å²) >= 11 is 0. The zero-order valence-corrected chi connectivity index (χ0v) is 16.9. The van der Waals surface area contributed by atoms with Crippen molar-refractivity contribution in [2.75, 3.05) is 43.4 Å². The van der Waals surface area contributed by atoms with Crippen LogP contribution in [0.4, 0.5) is 17.5 Å². The molecule has 1 fully saturated rings. The number of fused-ring (bicyclic) bond motifs is 1. The highest BCUT2D eigenvalue weighted by atomic mass is 15.3. The van der Waals surface area contributed by atoms with E-state index in [1.807, 2.05) is 48.5 Å². The van der Waals surface area contributed by atoms with Crippen LogP contribution in [0.2, 0.25) is 0 Å². The number of likely N-dealkylation sites (N-methyl/N-ethyl adjacent to an activating group) is 1. The number of nitrogens with zero attached hydrogens (tertiary/aromatic N) is 6. The summed E-state index contributed by atoms with van der Waals surface area (Å²) in [5.41, 5.74) is 3.75. The van der Waals surface area contributed by atoms with Crippen LogP contribution in [-0.2, 0) is 0 Å². The zero-order chi connectivity index (χ0) is 20.3. The number of hydrogen-bond acceptors (Lipinski definition) is 7. The standard InChI is InChI=1S/C23H23N7/c1-29-11-13-30(14-12-29)22-19-8-7-18(15-21(19)25-16-26-22)27-23-24-10-9-20(28-23)17-5-3-2-4-6-17/h2-10,15-16H,11-14H2,1H3,(H,24,27,28). The minimum absolute atomic E-state index is 0.559. The third-order valence-electron chi connectivity index (χ3n) is 5.40. The first kappa shape index (κ1) is 18.4. The fraction of sp³-hybridized carbons (Fsp3) is 0.217. The molecule has 4 aromatic rings. The molecule has 2 aromatic heterocycles. The molecule has 30 heavy (non-hydrogen) atoms. The predicted octanol–water partition coefficient (Wildman–Crippen LogP) is 3.58. The molecular weight excluding hydrogens is 374 g/mol. The summed E-state index contributed by atoms with van der Waals surface area (Å²) in [7, 11) is 2.15. The van der Waals surface area contributed by atoms with E-state index < -0.39 is 0 Å². The molecule has 0 atom stereocenters. The minimum Gasteiger partial charge on any atom is -0.353 e. The summed E-state index contributed by atoms with van der Waals surface area (Å²) < 4.78 is 0. The molecule has 1 aliphatic rings. The Morgan fingerprint density at radius 3 is 2.53 bits per heavy atom. The summed E-state index contributed by atoms with van der Waals surface area (Å²) in [4.78, 5) is 22.8. The topological polar surface area (TPSA) is 70.1 Å². The molecule has 1 N–H and O–H groups in total. The van der Waals surface area contributed by atoms with Crippen molar-refractivity contribution in [1.82, 2.24) is 24.8 Å². The highest BCUT2D eigenvalue weighted by Gasteiger charge is 2.18.